The summed E-state index contributed by atoms with van der Waals surface area (Å²) in [6.07, 6.45) is 3.88. The third-order valence-corrected chi connectivity index (χ3v) is 5.44. The van der Waals surface area contributed by atoms with Crippen molar-refractivity contribution in [3.05, 3.63) is 22.4 Å². The number of morpholine rings is 1. The van der Waals surface area contributed by atoms with E-state index in [1.807, 2.05) is 11.3 Å². The average Bonchev–Trinajstić information content (AvgIpc) is 3.23. The molecule has 128 valence electrons. The molecular formula is C17H28N4OS. The predicted octanol–water partition coefficient (Wildman–Crippen LogP) is 1.71. The van der Waals surface area contributed by atoms with Gasteiger partial charge in [0.05, 0.1) is 19.3 Å². The fourth-order valence-corrected chi connectivity index (χ4v) is 4.00. The molecule has 2 aliphatic rings. The van der Waals surface area contributed by atoms with Crippen LogP contribution in [0.3, 0.4) is 0 Å². The Kier molecular flexibility index (Phi) is 6.30. The first-order valence-corrected chi connectivity index (χ1v) is 9.63. The summed E-state index contributed by atoms with van der Waals surface area (Å²) in [6, 6.07) is 4.94. The molecule has 0 aliphatic carbocycles. The van der Waals surface area contributed by atoms with E-state index >= 15 is 0 Å². The van der Waals surface area contributed by atoms with Gasteiger partial charge in [-0.05, 0) is 44.2 Å². The number of nitrogens with zero attached hydrogens (tertiary/aromatic N) is 2. The minimum Gasteiger partial charge on any atom is -0.373 e. The van der Waals surface area contributed by atoms with Crippen molar-refractivity contribution in [3.63, 3.8) is 0 Å². The highest BCUT2D eigenvalue weighted by Crippen LogP contribution is 2.22. The zero-order valence-electron chi connectivity index (χ0n) is 14.0. The molecule has 1 aromatic rings. The van der Waals surface area contributed by atoms with Gasteiger partial charge in [0.1, 0.15) is 0 Å². The molecule has 0 amide bonds. The van der Waals surface area contributed by atoms with Crippen LogP contribution in [0.4, 0.5) is 0 Å². The number of ether oxygens (including phenoxy) is 1. The lowest BCUT2D eigenvalue weighted by atomic mass is 10.2. The lowest BCUT2D eigenvalue weighted by Crippen LogP contribution is -2.47. The number of nitrogens with one attached hydrogen (secondary N) is 2. The van der Waals surface area contributed by atoms with Gasteiger partial charge in [-0.2, -0.15) is 0 Å². The second-order valence-corrected chi connectivity index (χ2v) is 7.25. The predicted molar refractivity (Wildman–Crippen MR) is 96.3 cm³/mol. The SMILES string of the molecule is CCNC(=NCC1CN2CCCC2CO1)NCCc1cccs1. The van der Waals surface area contributed by atoms with E-state index in [-0.39, 0.29) is 6.10 Å². The Labute approximate surface area is 143 Å². The maximum absolute atomic E-state index is 5.98. The van der Waals surface area contributed by atoms with Crippen molar-refractivity contribution >= 4 is 17.3 Å². The van der Waals surface area contributed by atoms with Crippen molar-refractivity contribution in [2.75, 3.05) is 39.3 Å². The summed E-state index contributed by atoms with van der Waals surface area (Å²) >= 11 is 1.81. The summed E-state index contributed by atoms with van der Waals surface area (Å²) in [4.78, 5) is 8.69. The Morgan fingerprint density at radius 1 is 1.48 bits per heavy atom. The third kappa shape index (κ3) is 4.93. The molecule has 1 aromatic heterocycles. The van der Waals surface area contributed by atoms with E-state index < -0.39 is 0 Å². The zero-order chi connectivity index (χ0) is 15.9. The molecule has 0 bridgehead atoms. The van der Waals surface area contributed by atoms with Crippen molar-refractivity contribution in [3.8, 4) is 0 Å². The second kappa shape index (κ2) is 8.66. The van der Waals surface area contributed by atoms with Gasteiger partial charge in [-0.25, -0.2) is 0 Å². The van der Waals surface area contributed by atoms with Gasteiger partial charge in [0, 0.05) is 30.6 Å². The summed E-state index contributed by atoms with van der Waals surface area (Å²) in [5.74, 6) is 0.899. The van der Waals surface area contributed by atoms with Gasteiger partial charge >= 0.3 is 0 Å². The van der Waals surface area contributed by atoms with Gasteiger partial charge in [-0.3, -0.25) is 9.89 Å². The van der Waals surface area contributed by atoms with Gasteiger partial charge in [0.2, 0.25) is 0 Å². The molecule has 0 spiro atoms. The van der Waals surface area contributed by atoms with Gasteiger partial charge in [-0.15, -0.1) is 11.3 Å². The lowest BCUT2D eigenvalue weighted by Gasteiger charge is -2.34. The number of thiophene rings is 1. The zero-order valence-corrected chi connectivity index (χ0v) is 14.8. The highest BCUT2D eigenvalue weighted by atomic mass is 32.1. The topological polar surface area (TPSA) is 48.9 Å². The molecule has 23 heavy (non-hydrogen) atoms. The van der Waals surface area contributed by atoms with Crippen LogP contribution >= 0.6 is 11.3 Å². The Bertz CT molecular complexity index is 491. The highest BCUT2D eigenvalue weighted by Gasteiger charge is 2.31. The summed E-state index contributed by atoms with van der Waals surface area (Å²) in [5.41, 5.74) is 0. The number of hydrogen-bond acceptors (Lipinski definition) is 4. The minimum atomic E-state index is 0.233. The first-order valence-electron chi connectivity index (χ1n) is 8.75. The molecule has 2 N–H and O–H groups in total. The van der Waals surface area contributed by atoms with Crippen molar-refractivity contribution in [1.29, 1.82) is 0 Å². The molecule has 6 heteroatoms. The summed E-state index contributed by atoms with van der Waals surface area (Å²) in [7, 11) is 0. The highest BCUT2D eigenvalue weighted by molar-refractivity contribution is 7.09. The van der Waals surface area contributed by atoms with E-state index in [9.17, 15) is 0 Å². The van der Waals surface area contributed by atoms with Gasteiger partial charge < -0.3 is 15.4 Å². The number of hydrogen-bond donors (Lipinski definition) is 2. The number of fused-ring (bicyclic) bond motifs is 1. The molecule has 0 radical (unpaired) electrons. The molecule has 5 nitrogen and oxygen atoms in total. The monoisotopic (exact) mass is 336 g/mol. The van der Waals surface area contributed by atoms with E-state index in [4.69, 9.17) is 9.73 Å². The third-order valence-electron chi connectivity index (χ3n) is 4.50. The van der Waals surface area contributed by atoms with E-state index in [2.05, 4.69) is 40.0 Å². The Morgan fingerprint density at radius 2 is 2.43 bits per heavy atom. The van der Waals surface area contributed by atoms with Crippen LogP contribution < -0.4 is 10.6 Å². The Hall–Kier alpha value is -1.11. The van der Waals surface area contributed by atoms with Crippen LogP contribution in [0.1, 0.15) is 24.6 Å². The first-order chi connectivity index (χ1) is 11.3. The van der Waals surface area contributed by atoms with E-state index in [1.165, 1.54) is 24.3 Å². The van der Waals surface area contributed by atoms with Crippen LogP contribution in [0.15, 0.2) is 22.5 Å². The quantitative estimate of drug-likeness (QED) is 0.613. The van der Waals surface area contributed by atoms with Crippen LogP contribution in [0, 0.1) is 0 Å². The van der Waals surface area contributed by atoms with Crippen molar-refractivity contribution in [2.45, 2.75) is 38.3 Å². The number of rotatable bonds is 6. The standard InChI is InChI=1S/C17H28N4OS/c1-2-18-17(19-8-7-16-6-4-10-23-16)20-11-15-12-21-9-3-5-14(21)13-22-15/h4,6,10,14-15H,2-3,5,7-9,11-13H2,1H3,(H2,18,19,20). The van der Waals surface area contributed by atoms with Gasteiger partial charge in [0.25, 0.3) is 0 Å². The van der Waals surface area contributed by atoms with Crippen LogP contribution in [-0.2, 0) is 11.2 Å². The maximum atomic E-state index is 5.98. The lowest BCUT2D eigenvalue weighted by molar-refractivity contribution is -0.0432. The largest absolute Gasteiger partial charge is 0.373 e. The first kappa shape index (κ1) is 16.7. The molecule has 3 heterocycles. The molecule has 2 atom stereocenters. The number of guanidine groups is 1. The van der Waals surface area contributed by atoms with Crippen LogP contribution in [0.5, 0.6) is 0 Å². The fraction of sp³-hybridized carbons (Fsp3) is 0.706. The van der Waals surface area contributed by atoms with Crippen LogP contribution in [0.2, 0.25) is 0 Å². The van der Waals surface area contributed by atoms with Crippen LogP contribution in [-0.4, -0.2) is 62.3 Å². The molecule has 0 aromatic carbocycles. The number of aliphatic imine (C=N–C) groups is 1. The molecule has 2 saturated heterocycles. The molecule has 2 unspecified atom stereocenters. The molecule has 3 rings (SSSR count). The van der Waals surface area contributed by atoms with Crippen molar-refractivity contribution in [2.24, 2.45) is 4.99 Å². The Balaban J connectivity index is 1.44. The smallest absolute Gasteiger partial charge is 0.191 e. The summed E-state index contributed by atoms with van der Waals surface area (Å²) < 4.78 is 5.98. The molecule has 2 aliphatic heterocycles. The van der Waals surface area contributed by atoms with Crippen molar-refractivity contribution < 1.29 is 4.74 Å². The van der Waals surface area contributed by atoms with Gasteiger partial charge in [0.15, 0.2) is 5.96 Å². The van der Waals surface area contributed by atoms with E-state index in [0.29, 0.717) is 6.04 Å². The van der Waals surface area contributed by atoms with E-state index in [1.54, 1.807) is 0 Å². The van der Waals surface area contributed by atoms with E-state index in [0.717, 1.165) is 45.2 Å². The normalized spacial score (nSPS) is 25.3. The molecular weight excluding hydrogens is 308 g/mol. The fourth-order valence-electron chi connectivity index (χ4n) is 3.29. The van der Waals surface area contributed by atoms with Gasteiger partial charge in [-0.1, -0.05) is 6.07 Å². The molecule has 0 saturated carbocycles. The minimum absolute atomic E-state index is 0.233. The molecule has 2 fully saturated rings. The summed E-state index contributed by atoms with van der Waals surface area (Å²) in [6.45, 7) is 7.76. The van der Waals surface area contributed by atoms with Crippen molar-refractivity contribution in [1.82, 2.24) is 15.5 Å². The summed E-state index contributed by atoms with van der Waals surface area (Å²) in [5, 5.41) is 8.87. The average molecular weight is 337 g/mol. The second-order valence-electron chi connectivity index (χ2n) is 6.22. The maximum Gasteiger partial charge on any atom is 0.191 e. The van der Waals surface area contributed by atoms with Crippen LogP contribution in [0.25, 0.3) is 0 Å². The Morgan fingerprint density at radius 3 is 3.26 bits per heavy atom.